The van der Waals surface area contributed by atoms with Gasteiger partial charge in [0.05, 0.1) is 20.2 Å². The van der Waals surface area contributed by atoms with Crippen molar-refractivity contribution in [1.82, 2.24) is 4.48 Å². The zero-order valence-electron chi connectivity index (χ0n) is 10.7. The molecule has 2 N–H and O–H groups in total. The van der Waals surface area contributed by atoms with E-state index >= 15 is 0 Å². The van der Waals surface area contributed by atoms with Gasteiger partial charge in [0, 0.05) is 12.1 Å². The van der Waals surface area contributed by atoms with E-state index in [1.165, 1.54) is 5.69 Å². The maximum Gasteiger partial charge on any atom is 0.190 e. The van der Waals surface area contributed by atoms with Crippen LogP contribution in [0, 0.1) is 0 Å². The Balaban J connectivity index is 2.49. The van der Waals surface area contributed by atoms with Gasteiger partial charge < -0.3 is 15.2 Å². The van der Waals surface area contributed by atoms with Crippen molar-refractivity contribution in [1.29, 1.82) is 0 Å². The molecule has 0 fully saturated rings. The topological polar surface area (TPSA) is 41.5 Å². The molecule has 17 heavy (non-hydrogen) atoms. The zero-order chi connectivity index (χ0) is 12.5. The number of ether oxygens (including phenoxy) is 1. The third-order valence-electron chi connectivity index (χ3n) is 3.90. The lowest BCUT2D eigenvalue weighted by molar-refractivity contribution is 0.163. The number of benzene rings is 1. The van der Waals surface area contributed by atoms with Gasteiger partial charge >= 0.3 is 0 Å². The standard InChI is InChI=1S/C13H21N2O2/c1-4-15(5-2)12-7-6-10(17-3)8-11(12)14-13(15)9-16/h6-8,13-14,16H,4-5,9H2,1-3H3/q+1. The molecule has 1 aliphatic heterocycles. The van der Waals surface area contributed by atoms with Crippen molar-refractivity contribution < 1.29 is 9.84 Å². The van der Waals surface area contributed by atoms with Crippen molar-refractivity contribution in [3.05, 3.63) is 18.2 Å². The van der Waals surface area contributed by atoms with Gasteiger partial charge in [0.25, 0.3) is 0 Å². The minimum atomic E-state index is 0.0482. The van der Waals surface area contributed by atoms with Crippen molar-refractivity contribution in [2.24, 2.45) is 0 Å². The lowest BCUT2D eigenvalue weighted by Crippen LogP contribution is -2.57. The molecule has 1 atom stereocenters. The molecule has 1 heterocycles. The normalized spacial score (nSPS) is 20.8. The minimum Gasteiger partial charge on any atom is -0.497 e. The lowest BCUT2D eigenvalue weighted by Gasteiger charge is -2.36. The molecule has 94 valence electrons. The van der Waals surface area contributed by atoms with Crippen LogP contribution in [0.15, 0.2) is 18.2 Å². The van der Waals surface area contributed by atoms with Crippen LogP contribution >= 0.6 is 0 Å². The lowest BCUT2D eigenvalue weighted by atomic mass is 10.2. The van der Waals surface area contributed by atoms with Crippen molar-refractivity contribution in [2.45, 2.75) is 20.0 Å². The number of likely N-dealkylation sites (N-methyl/N-ethyl adjacent to an activating group) is 1. The Labute approximate surface area is 102 Å². The highest BCUT2D eigenvalue weighted by Crippen LogP contribution is 2.42. The van der Waals surface area contributed by atoms with Crippen LogP contribution in [0.1, 0.15) is 13.8 Å². The molecule has 1 aromatic carbocycles. The summed E-state index contributed by atoms with van der Waals surface area (Å²) in [5.74, 6) is 0.847. The largest absolute Gasteiger partial charge is 0.497 e. The highest BCUT2D eigenvalue weighted by molar-refractivity contribution is 5.75. The number of nitrogens with one attached hydrogen (secondary N) is 1. The number of nitrogens with zero attached hydrogens (tertiary/aromatic N) is 1. The van der Waals surface area contributed by atoms with Gasteiger partial charge in [0.1, 0.15) is 18.0 Å². The van der Waals surface area contributed by atoms with E-state index in [2.05, 4.69) is 25.2 Å². The summed E-state index contributed by atoms with van der Waals surface area (Å²) in [6.07, 6.45) is 0.0482. The molecule has 1 unspecified atom stereocenters. The molecule has 0 amide bonds. The molecular formula is C13H21N2O2+. The SMILES string of the molecule is CC[N+]1(CC)c2ccc(OC)cc2NC1CO. The van der Waals surface area contributed by atoms with Crippen molar-refractivity contribution in [3.8, 4) is 5.75 Å². The molecule has 2 rings (SSSR count). The summed E-state index contributed by atoms with van der Waals surface area (Å²) in [7, 11) is 1.67. The average Bonchev–Trinajstić information content (AvgIpc) is 2.71. The van der Waals surface area contributed by atoms with Gasteiger partial charge in [0.2, 0.25) is 0 Å². The Kier molecular flexibility index (Phi) is 3.26. The maximum absolute atomic E-state index is 9.55. The first-order chi connectivity index (χ1) is 8.21. The van der Waals surface area contributed by atoms with Gasteiger partial charge in [-0.2, -0.15) is 0 Å². The molecule has 4 nitrogen and oxygen atoms in total. The Morgan fingerprint density at radius 3 is 2.59 bits per heavy atom. The molecular weight excluding hydrogens is 216 g/mol. The fraction of sp³-hybridized carbons (Fsp3) is 0.538. The van der Waals surface area contributed by atoms with Gasteiger partial charge in [0.15, 0.2) is 11.9 Å². The quantitative estimate of drug-likeness (QED) is 0.784. The number of methoxy groups -OCH3 is 1. The minimum absolute atomic E-state index is 0.0482. The Bertz CT molecular complexity index is 402. The van der Waals surface area contributed by atoms with Gasteiger partial charge in [-0.3, -0.25) is 4.48 Å². The van der Waals surface area contributed by atoms with Crippen LogP contribution in [0.3, 0.4) is 0 Å². The molecule has 0 saturated heterocycles. The predicted octanol–water partition coefficient (Wildman–Crippen LogP) is 1.79. The van der Waals surface area contributed by atoms with Gasteiger partial charge in [-0.1, -0.05) is 0 Å². The first-order valence-corrected chi connectivity index (χ1v) is 6.14. The van der Waals surface area contributed by atoms with E-state index in [4.69, 9.17) is 4.74 Å². The molecule has 0 aromatic heterocycles. The van der Waals surface area contributed by atoms with Crippen molar-refractivity contribution >= 4 is 11.4 Å². The number of hydrogen-bond donors (Lipinski definition) is 2. The molecule has 1 aromatic rings. The van der Waals surface area contributed by atoms with E-state index in [-0.39, 0.29) is 12.8 Å². The molecule has 4 heteroatoms. The summed E-state index contributed by atoms with van der Waals surface area (Å²) in [5, 5.41) is 12.9. The van der Waals surface area contributed by atoms with Crippen LogP contribution in [-0.4, -0.2) is 38.1 Å². The highest BCUT2D eigenvalue weighted by Gasteiger charge is 2.43. The number of rotatable bonds is 4. The number of aliphatic hydroxyl groups excluding tert-OH is 1. The number of anilines is 1. The number of quaternary nitrogens is 1. The third kappa shape index (κ3) is 1.68. The van der Waals surface area contributed by atoms with E-state index in [1.807, 2.05) is 12.1 Å². The van der Waals surface area contributed by atoms with Crippen LogP contribution in [-0.2, 0) is 0 Å². The maximum atomic E-state index is 9.55. The van der Waals surface area contributed by atoms with E-state index in [0.29, 0.717) is 0 Å². The second kappa shape index (κ2) is 4.55. The van der Waals surface area contributed by atoms with Crippen molar-refractivity contribution in [3.63, 3.8) is 0 Å². The summed E-state index contributed by atoms with van der Waals surface area (Å²) < 4.78 is 6.02. The molecule has 0 saturated carbocycles. The smallest absolute Gasteiger partial charge is 0.190 e. The van der Waals surface area contributed by atoms with Crippen LogP contribution in [0.25, 0.3) is 0 Å². The molecule has 0 radical (unpaired) electrons. The highest BCUT2D eigenvalue weighted by atomic mass is 16.5. The second-order valence-corrected chi connectivity index (χ2v) is 4.39. The fourth-order valence-electron chi connectivity index (χ4n) is 2.82. The third-order valence-corrected chi connectivity index (χ3v) is 3.90. The van der Waals surface area contributed by atoms with Crippen LogP contribution in [0.4, 0.5) is 11.4 Å². The number of hydrogen-bond acceptors (Lipinski definition) is 3. The predicted molar refractivity (Wildman–Crippen MR) is 70.4 cm³/mol. The van der Waals surface area contributed by atoms with E-state index < -0.39 is 0 Å². The van der Waals surface area contributed by atoms with Crippen LogP contribution < -0.4 is 14.5 Å². The molecule has 0 spiro atoms. The number of fused-ring (bicyclic) bond motifs is 1. The summed E-state index contributed by atoms with van der Waals surface area (Å²) in [5.41, 5.74) is 2.32. The van der Waals surface area contributed by atoms with E-state index in [0.717, 1.165) is 29.0 Å². The van der Waals surface area contributed by atoms with E-state index in [9.17, 15) is 5.11 Å². The summed E-state index contributed by atoms with van der Waals surface area (Å²) >= 11 is 0. The van der Waals surface area contributed by atoms with Gasteiger partial charge in [-0.15, -0.1) is 0 Å². The molecule has 0 aliphatic carbocycles. The first kappa shape index (κ1) is 12.2. The Morgan fingerprint density at radius 2 is 2.06 bits per heavy atom. The summed E-state index contributed by atoms with van der Waals surface area (Å²) in [6, 6.07) is 6.09. The molecule has 1 aliphatic rings. The number of aliphatic hydroxyl groups is 1. The van der Waals surface area contributed by atoms with Gasteiger partial charge in [-0.25, -0.2) is 0 Å². The van der Waals surface area contributed by atoms with Gasteiger partial charge in [-0.05, 0) is 19.9 Å². The average molecular weight is 237 g/mol. The van der Waals surface area contributed by atoms with Crippen molar-refractivity contribution in [2.75, 3.05) is 32.1 Å². The van der Waals surface area contributed by atoms with E-state index in [1.54, 1.807) is 7.11 Å². The fourth-order valence-corrected chi connectivity index (χ4v) is 2.82. The zero-order valence-corrected chi connectivity index (χ0v) is 10.7. The van der Waals surface area contributed by atoms with Crippen LogP contribution in [0.2, 0.25) is 0 Å². The second-order valence-electron chi connectivity index (χ2n) is 4.39. The molecule has 0 bridgehead atoms. The summed E-state index contributed by atoms with van der Waals surface area (Å²) in [4.78, 5) is 0. The monoisotopic (exact) mass is 237 g/mol. The van der Waals surface area contributed by atoms with Crippen LogP contribution in [0.5, 0.6) is 5.75 Å². The Morgan fingerprint density at radius 1 is 1.35 bits per heavy atom. The Hall–Kier alpha value is -1.26. The first-order valence-electron chi connectivity index (χ1n) is 6.14. The summed E-state index contributed by atoms with van der Waals surface area (Å²) in [6.45, 7) is 6.39.